The predicted molar refractivity (Wildman–Crippen MR) is 72.7 cm³/mol. The van der Waals surface area contributed by atoms with Crippen LogP contribution in [0.25, 0.3) is 0 Å². The van der Waals surface area contributed by atoms with Gasteiger partial charge in [-0.3, -0.25) is 0 Å². The van der Waals surface area contributed by atoms with Crippen LogP contribution in [0.1, 0.15) is 34.6 Å². The highest BCUT2D eigenvalue weighted by atomic mass is 32.2. The Hall–Kier alpha value is -2.22. The zero-order valence-corrected chi connectivity index (χ0v) is 12.3. The summed E-state index contributed by atoms with van der Waals surface area (Å²) in [6, 6.07) is 4.06. The van der Waals surface area contributed by atoms with Gasteiger partial charge in [0.1, 0.15) is 5.75 Å². The van der Waals surface area contributed by atoms with Crippen molar-refractivity contribution in [3.05, 3.63) is 41.1 Å². The van der Waals surface area contributed by atoms with Crippen LogP contribution < -0.4 is 0 Å². The Bertz CT molecular complexity index is 780. The predicted octanol–water partition coefficient (Wildman–Crippen LogP) is 1.61. The van der Waals surface area contributed by atoms with Gasteiger partial charge in [0.2, 0.25) is 11.8 Å². The molecule has 1 aromatic carbocycles. The van der Waals surface area contributed by atoms with E-state index < -0.39 is 21.6 Å². The van der Waals surface area contributed by atoms with E-state index in [-0.39, 0.29) is 22.2 Å². The summed E-state index contributed by atoms with van der Waals surface area (Å²) in [5, 5.41) is 16.2. The van der Waals surface area contributed by atoms with E-state index in [2.05, 4.69) is 10.2 Å². The fraction of sp³-hybridized carbons (Fsp3) is 0.308. The van der Waals surface area contributed by atoms with Crippen molar-refractivity contribution in [2.45, 2.75) is 30.9 Å². The number of aryl methyl sites for hydroxylation is 2. The molecule has 0 radical (unpaired) electrons. The molecule has 0 amide bonds. The second-order valence-electron chi connectivity index (χ2n) is 4.46. The summed E-state index contributed by atoms with van der Waals surface area (Å²) < 4.78 is 30.0. The van der Waals surface area contributed by atoms with E-state index in [9.17, 15) is 13.2 Å². The van der Waals surface area contributed by atoms with Crippen molar-refractivity contribution in [3.63, 3.8) is 0 Å². The van der Waals surface area contributed by atoms with Crippen LogP contribution in [0.15, 0.2) is 27.5 Å². The number of carboxylic acid groups (broad SMARTS) is 1. The van der Waals surface area contributed by atoms with Gasteiger partial charge in [0, 0.05) is 6.92 Å². The Morgan fingerprint density at radius 1 is 1.33 bits per heavy atom. The van der Waals surface area contributed by atoms with Crippen molar-refractivity contribution in [1.82, 2.24) is 10.2 Å². The molecule has 8 heteroatoms. The molecule has 0 unspecified atom stereocenters. The van der Waals surface area contributed by atoms with Gasteiger partial charge in [-0.1, -0.05) is 13.0 Å². The number of rotatable bonds is 5. The zero-order chi connectivity index (χ0) is 15.6. The highest BCUT2D eigenvalue weighted by Gasteiger charge is 2.23. The minimum Gasteiger partial charge on any atom is -0.478 e. The van der Waals surface area contributed by atoms with Crippen molar-refractivity contribution >= 4 is 15.8 Å². The summed E-state index contributed by atoms with van der Waals surface area (Å²) in [4.78, 5) is 11.0. The van der Waals surface area contributed by atoms with E-state index in [1.807, 2.05) is 0 Å². The Kier molecular flexibility index (Phi) is 4.08. The zero-order valence-electron chi connectivity index (χ0n) is 11.5. The Balaban J connectivity index is 2.47. The summed E-state index contributed by atoms with van der Waals surface area (Å²) >= 11 is 0. The molecule has 0 aliphatic rings. The van der Waals surface area contributed by atoms with Crippen molar-refractivity contribution in [2.75, 3.05) is 0 Å². The molecular formula is C13H14N2O5S. The van der Waals surface area contributed by atoms with Crippen LogP contribution >= 0.6 is 0 Å². The summed E-state index contributed by atoms with van der Waals surface area (Å²) in [5.41, 5.74) is 0.476. The summed E-state index contributed by atoms with van der Waals surface area (Å²) in [6.07, 6.45) is 0.470. The number of aromatic carboxylic acids is 1. The first-order valence-electron chi connectivity index (χ1n) is 6.21. The van der Waals surface area contributed by atoms with Gasteiger partial charge in [-0.25, -0.2) is 13.2 Å². The van der Waals surface area contributed by atoms with Crippen LogP contribution in [-0.2, 0) is 22.0 Å². The number of sulfone groups is 1. The van der Waals surface area contributed by atoms with Gasteiger partial charge in [0.05, 0.1) is 10.5 Å². The highest BCUT2D eigenvalue weighted by molar-refractivity contribution is 7.90. The second-order valence-corrected chi connectivity index (χ2v) is 6.41. The van der Waals surface area contributed by atoms with Gasteiger partial charge < -0.3 is 9.52 Å². The van der Waals surface area contributed by atoms with Crippen molar-refractivity contribution in [3.8, 4) is 0 Å². The maximum Gasteiger partial charge on any atom is 0.335 e. The van der Waals surface area contributed by atoms with E-state index in [0.29, 0.717) is 12.0 Å². The molecule has 0 spiro atoms. The lowest BCUT2D eigenvalue weighted by Crippen LogP contribution is -2.10. The molecule has 0 bridgehead atoms. The number of nitrogens with zero attached hydrogens (tertiary/aromatic N) is 2. The van der Waals surface area contributed by atoms with Crippen LogP contribution in [0, 0.1) is 6.92 Å². The maximum absolute atomic E-state index is 12.4. The van der Waals surface area contributed by atoms with E-state index in [0.717, 1.165) is 0 Å². The highest BCUT2D eigenvalue weighted by Crippen LogP contribution is 2.22. The fourth-order valence-corrected chi connectivity index (χ4v) is 3.42. The third-order valence-corrected chi connectivity index (χ3v) is 4.59. The first-order valence-corrected chi connectivity index (χ1v) is 7.86. The largest absolute Gasteiger partial charge is 0.478 e. The van der Waals surface area contributed by atoms with E-state index in [1.54, 1.807) is 13.8 Å². The smallest absolute Gasteiger partial charge is 0.335 e. The molecule has 0 aliphatic heterocycles. The summed E-state index contributed by atoms with van der Waals surface area (Å²) in [5.74, 6) is -1.38. The molecule has 2 rings (SSSR count). The molecule has 0 saturated carbocycles. The standard InChI is InChI=1S/C13H14N2O5S/c1-3-9-4-5-10(13(16)17)6-11(9)21(18,19)7-12-15-14-8(2)20-12/h4-6H,3,7H2,1-2H3,(H,16,17). The number of aromatic nitrogens is 2. The van der Waals surface area contributed by atoms with Crippen LogP contribution in [0.3, 0.4) is 0 Å². The van der Waals surface area contributed by atoms with Gasteiger partial charge in [-0.05, 0) is 24.1 Å². The molecule has 0 aliphatic carbocycles. The minimum absolute atomic E-state index is 0.0132. The average Bonchev–Trinajstić information content (AvgIpc) is 2.82. The van der Waals surface area contributed by atoms with Gasteiger partial charge in [0.25, 0.3) is 0 Å². The van der Waals surface area contributed by atoms with Crippen LogP contribution in [0.4, 0.5) is 0 Å². The van der Waals surface area contributed by atoms with Gasteiger partial charge in [-0.2, -0.15) is 0 Å². The van der Waals surface area contributed by atoms with Crippen molar-refractivity contribution in [1.29, 1.82) is 0 Å². The monoisotopic (exact) mass is 310 g/mol. The molecule has 1 heterocycles. The van der Waals surface area contributed by atoms with Gasteiger partial charge >= 0.3 is 5.97 Å². The number of hydrogen-bond acceptors (Lipinski definition) is 6. The Labute approximate surface area is 121 Å². The van der Waals surface area contributed by atoms with Crippen LogP contribution in [0.5, 0.6) is 0 Å². The lowest BCUT2D eigenvalue weighted by Gasteiger charge is -2.09. The molecule has 0 saturated heterocycles. The molecule has 2 aromatic rings. The second kappa shape index (κ2) is 5.65. The van der Waals surface area contributed by atoms with Crippen LogP contribution in [0.2, 0.25) is 0 Å². The summed E-state index contributed by atoms with van der Waals surface area (Å²) in [6.45, 7) is 3.36. The molecule has 0 fully saturated rings. The first-order chi connectivity index (χ1) is 9.83. The molecular weight excluding hydrogens is 296 g/mol. The van der Waals surface area contributed by atoms with E-state index in [4.69, 9.17) is 9.52 Å². The Morgan fingerprint density at radius 3 is 2.57 bits per heavy atom. The van der Waals surface area contributed by atoms with Gasteiger partial charge in [-0.15, -0.1) is 10.2 Å². The fourth-order valence-electron chi connectivity index (χ4n) is 1.91. The molecule has 21 heavy (non-hydrogen) atoms. The van der Waals surface area contributed by atoms with Gasteiger partial charge in [0.15, 0.2) is 9.84 Å². The molecule has 1 N–H and O–H groups in total. The number of carbonyl (C=O) groups is 1. The lowest BCUT2D eigenvalue weighted by molar-refractivity contribution is 0.0696. The lowest BCUT2D eigenvalue weighted by atomic mass is 10.1. The van der Waals surface area contributed by atoms with Crippen LogP contribution in [-0.4, -0.2) is 29.7 Å². The molecule has 112 valence electrons. The topological polar surface area (TPSA) is 110 Å². The average molecular weight is 310 g/mol. The summed E-state index contributed by atoms with van der Waals surface area (Å²) in [7, 11) is -3.76. The number of carboxylic acids is 1. The normalized spacial score (nSPS) is 11.5. The Morgan fingerprint density at radius 2 is 2.05 bits per heavy atom. The van der Waals surface area contributed by atoms with Crippen molar-refractivity contribution < 1.29 is 22.7 Å². The maximum atomic E-state index is 12.4. The van der Waals surface area contributed by atoms with E-state index >= 15 is 0 Å². The molecule has 7 nitrogen and oxygen atoms in total. The number of benzene rings is 1. The quantitative estimate of drug-likeness (QED) is 0.893. The third-order valence-electron chi connectivity index (χ3n) is 2.91. The third kappa shape index (κ3) is 3.27. The SMILES string of the molecule is CCc1ccc(C(=O)O)cc1S(=O)(=O)Cc1nnc(C)o1. The van der Waals surface area contributed by atoms with Crippen molar-refractivity contribution in [2.24, 2.45) is 0 Å². The van der Waals surface area contributed by atoms with E-state index in [1.165, 1.54) is 18.2 Å². The number of hydrogen-bond donors (Lipinski definition) is 1. The molecule has 0 atom stereocenters. The first kappa shape index (κ1) is 15.2. The minimum atomic E-state index is -3.76. The molecule has 1 aromatic heterocycles.